The molecule has 7 rings (SSSR count). The van der Waals surface area contributed by atoms with Crippen LogP contribution in [-0.2, 0) is 12.8 Å². The quantitative estimate of drug-likeness (QED) is 0.471. The van der Waals surface area contributed by atoms with Crippen molar-refractivity contribution in [2.45, 2.75) is 57.3 Å². The third kappa shape index (κ3) is 3.71. The number of hydrogen-bond donors (Lipinski definition) is 1. The van der Waals surface area contributed by atoms with Crippen LogP contribution in [0.3, 0.4) is 0 Å². The van der Waals surface area contributed by atoms with E-state index in [9.17, 15) is 0 Å². The molecular formula is C34H37N. The Hall–Kier alpha value is -2.64. The van der Waals surface area contributed by atoms with Gasteiger partial charge in [0.25, 0.3) is 0 Å². The van der Waals surface area contributed by atoms with Gasteiger partial charge in [-0.1, -0.05) is 72.4 Å². The molecule has 0 amide bonds. The van der Waals surface area contributed by atoms with E-state index in [1.807, 2.05) is 0 Å². The number of fused-ring (bicyclic) bond motifs is 4. The second-order valence-corrected chi connectivity index (χ2v) is 11.6. The molecule has 1 heteroatoms. The molecule has 0 bridgehead atoms. The van der Waals surface area contributed by atoms with Gasteiger partial charge in [0.1, 0.15) is 0 Å². The van der Waals surface area contributed by atoms with Crippen molar-refractivity contribution in [3.8, 4) is 0 Å². The fourth-order valence-corrected chi connectivity index (χ4v) is 7.58. The molecule has 5 aliphatic rings. The highest BCUT2D eigenvalue weighted by Crippen LogP contribution is 2.55. The van der Waals surface area contributed by atoms with E-state index in [4.69, 9.17) is 0 Å². The normalized spacial score (nSPS) is 28.1. The molecule has 5 atom stereocenters. The molecule has 0 saturated heterocycles. The zero-order valence-corrected chi connectivity index (χ0v) is 21.2. The van der Waals surface area contributed by atoms with Crippen molar-refractivity contribution in [1.29, 1.82) is 0 Å². The summed E-state index contributed by atoms with van der Waals surface area (Å²) in [5.74, 6) is 3.34. The van der Waals surface area contributed by atoms with Crippen molar-refractivity contribution in [3.05, 3.63) is 105 Å². The van der Waals surface area contributed by atoms with E-state index in [0.29, 0.717) is 17.8 Å². The van der Waals surface area contributed by atoms with Crippen molar-refractivity contribution >= 4 is 12.2 Å². The summed E-state index contributed by atoms with van der Waals surface area (Å²) in [6.07, 6.45) is 22.1. The van der Waals surface area contributed by atoms with Crippen LogP contribution in [-0.4, -0.2) is 13.6 Å². The Morgan fingerprint density at radius 3 is 2.86 bits per heavy atom. The fourth-order valence-electron chi connectivity index (χ4n) is 7.58. The minimum Gasteiger partial charge on any atom is -0.319 e. The van der Waals surface area contributed by atoms with E-state index >= 15 is 0 Å². The first-order valence-corrected chi connectivity index (χ1v) is 13.8. The lowest BCUT2D eigenvalue weighted by atomic mass is 9.70. The van der Waals surface area contributed by atoms with Gasteiger partial charge in [0.05, 0.1) is 0 Å². The maximum atomic E-state index is 3.60. The SMILES string of the molecule is CNCC(c1ccc(C)c2c1C=CCC2)C1C2=C(C=CC1Cc1cccc3c1C=CCC1CC31)C2. The summed E-state index contributed by atoms with van der Waals surface area (Å²) in [6.45, 7) is 3.33. The van der Waals surface area contributed by atoms with Crippen molar-refractivity contribution in [2.75, 3.05) is 13.6 Å². The molecule has 5 aliphatic carbocycles. The maximum absolute atomic E-state index is 3.60. The van der Waals surface area contributed by atoms with E-state index < -0.39 is 0 Å². The van der Waals surface area contributed by atoms with Gasteiger partial charge in [-0.25, -0.2) is 0 Å². The third-order valence-electron chi connectivity index (χ3n) is 9.54. The Bertz CT molecular complexity index is 1300. The summed E-state index contributed by atoms with van der Waals surface area (Å²) < 4.78 is 0. The minimum absolute atomic E-state index is 0.505. The van der Waals surface area contributed by atoms with Gasteiger partial charge in [-0.2, -0.15) is 0 Å². The number of nitrogens with one attached hydrogen (secondary N) is 1. The smallest absolute Gasteiger partial charge is 0.00409 e. The topological polar surface area (TPSA) is 12.0 Å². The molecule has 1 N–H and O–H groups in total. The van der Waals surface area contributed by atoms with Crippen LogP contribution in [0.25, 0.3) is 12.2 Å². The van der Waals surface area contributed by atoms with E-state index in [1.54, 1.807) is 39.0 Å². The van der Waals surface area contributed by atoms with Gasteiger partial charge in [-0.05, 0) is 121 Å². The monoisotopic (exact) mass is 459 g/mol. The number of hydrogen-bond acceptors (Lipinski definition) is 1. The molecule has 1 nitrogen and oxygen atoms in total. The van der Waals surface area contributed by atoms with E-state index in [-0.39, 0.29) is 0 Å². The number of allylic oxidation sites excluding steroid dienone is 6. The number of benzene rings is 2. The number of likely N-dealkylation sites (N-methyl/N-ethyl adjacent to an activating group) is 1. The molecule has 35 heavy (non-hydrogen) atoms. The molecule has 0 aromatic heterocycles. The first-order chi connectivity index (χ1) is 17.2. The van der Waals surface area contributed by atoms with Gasteiger partial charge in [-0.3, -0.25) is 0 Å². The Morgan fingerprint density at radius 2 is 1.94 bits per heavy atom. The molecule has 2 aromatic carbocycles. The lowest BCUT2D eigenvalue weighted by molar-refractivity contribution is 0.371. The maximum Gasteiger partial charge on any atom is 0.00409 e. The molecule has 178 valence electrons. The van der Waals surface area contributed by atoms with Gasteiger partial charge in [0.15, 0.2) is 0 Å². The number of aryl methyl sites for hydroxylation is 1. The fraction of sp³-hybridized carbons (Fsp3) is 0.412. The van der Waals surface area contributed by atoms with E-state index in [2.05, 4.69) is 86.1 Å². The minimum atomic E-state index is 0.505. The van der Waals surface area contributed by atoms with Gasteiger partial charge >= 0.3 is 0 Å². The summed E-state index contributed by atoms with van der Waals surface area (Å²) in [4.78, 5) is 0. The largest absolute Gasteiger partial charge is 0.319 e. The van der Waals surface area contributed by atoms with Crippen molar-refractivity contribution in [2.24, 2.45) is 17.8 Å². The molecular weight excluding hydrogens is 422 g/mol. The highest BCUT2D eigenvalue weighted by atomic mass is 14.8. The van der Waals surface area contributed by atoms with Crippen LogP contribution >= 0.6 is 0 Å². The van der Waals surface area contributed by atoms with Gasteiger partial charge in [0.2, 0.25) is 0 Å². The van der Waals surface area contributed by atoms with Gasteiger partial charge in [-0.15, -0.1) is 0 Å². The Labute approximate surface area is 210 Å². The molecule has 5 unspecified atom stereocenters. The predicted molar refractivity (Wildman–Crippen MR) is 148 cm³/mol. The zero-order valence-electron chi connectivity index (χ0n) is 21.2. The Kier molecular flexibility index (Phi) is 5.24. The van der Waals surface area contributed by atoms with Gasteiger partial charge < -0.3 is 5.32 Å². The summed E-state index contributed by atoms with van der Waals surface area (Å²) in [7, 11) is 2.13. The summed E-state index contributed by atoms with van der Waals surface area (Å²) >= 11 is 0. The van der Waals surface area contributed by atoms with Crippen molar-refractivity contribution in [1.82, 2.24) is 5.32 Å². The number of rotatable bonds is 6. The Morgan fingerprint density at radius 1 is 1.03 bits per heavy atom. The van der Waals surface area contributed by atoms with E-state index in [1.165, 1.54) is 43.2 Å². The summed E-state index contributed by atoms with van der Waals surface area (Å²) in [5, 5.41) is 3.60. The second-order valence-electron chi connectivity index (χ2n) is 11.6. The van der Waals surface area contributed by atoms with Crippen LogP contribution in [0, 0.1) is 24.7 Å². The van der Waals surface area contributed by atoms with Crippen LogP contribution in [0.1, 0.15) is 76.5 Å². The first kappa shape index (κ1) is 21.6. The van der Waals surface area contributed by atoms with Crippen molar-refractivity contribution < 1.29 is 0 Å². The lowest BCUT2D eigenvalue weighted by Gasteiger charge is -2.35. The van der Waals surface area contributed by atoms with Crippen LogP contribution in [0.15, 0.2) is 65.8 Å². The van der Waals surface area contributed by atoms with Crippen molar-refractivity contribution in [3.63, 3.8) is 0 Å². The standard InChI is InChI=1S/C34H37N/c1-21-13-16-30(28-10-4-3-9-26(21)28)33(20-35-2)34-25(15-14-24-19-32(24)34)17-22-7-6-12-29-27(22)11-5-8-23-18-31(23)29/h4-7,10-16,23,25,31,33-35H,3,8-9,17-20H2,1-2H3. The second kappa shape index (κ2) is 8.49. The molecule has 0 aliphatic heterocycles. The average Bonchev–Trinajstić information content (AvgIpc) is 3.78. The summed E-state index contributed by atoms with van der Waals surface area (Å²) in [6, 6.07) is 12.0. The third-order valence-corrected chi connectivity index (χ3v) is 9.54. The molecule has 1 saturated carbocycles. The first-order valence-electron chi connectivity index (χ1n) is 13.8. The predicted octanol–water partition coefficient (Wildman–Crippen LogP) is 7.52. The highest BCUT2D eigenvalue weighted by molar-refractivity contribution is 5.65. The molecule has 2 aromatic rings. The average molecular weight is 460 g/mol. The molecule has 0 spiro atoms. The van der Waals surface area contributed by atoms with E-state index in [0.717, 1.165) is 24.8 Å². The Balaban J connectivity index is 1.27. The molecule has 1 fully saturated rings. The van der Waals surface area contributed by atoms with Gasteiger partial charge in [0, 0.05) is 12.5 Å². The van der Waals surface area contributed by atoms with Crippen LogP contribution < -0.4 is 5.32 Å². The molecule has 0 heterocycles. The van der Waals surface area contributed by atoms with Crippen LogP contribution in [0.4, 0.5) is 0 Å². The molecule has 0 radical (unpaired) electrons. The van der Waals surface area contributed by atoms with Crippen LogP contribution in [0.2, 0.25) is 0 Å². The highest BCUT2D eigenvalue weighted by Gasteiger charge is 2.43. The van der Waals surface area contributed by atoms with Crippen LogP contribution in [0.5, 0.6) is 0 Å². The summed E-state index contributed by atoms with van der Waals surface area (Å²) in [5.41, 5.74) is 14.2. The zero-order chi connectivity index (χ0) is 23.5. The lowest BCUT2D eigenvalue weighted by Crippen LogP contribution is -2.31.